The summed E-state index contributed by atoms with van der Waals surface area (Å²) in [5.41, 5.74) is 5.70. The smallest absolute Gasteiger partial charge is 0.303 e. The van der Waals surface area contributed by atoms with E-state index in [9.17, 15) is 4.79 Å². The van der Waals surface area contributed by atoms with Crippen molar-refractivity contribution in [2.24, 2.45) is 0 Å². The third kappa shape index (κ3) is 4.77. The van der Waals surface area contributed by atoms with Crippen LogP contribution >= 0.6 is 0 Å². The quantitative estimate of drug-likeness (QED) is 0.256. The number of esters is 1. The molecular weight excluding hydrogens is 416 g/mol. The number of benzene rings is 5. The van der Waals surface area contributed by atoms with E-state index in [1.165, 1.54) is 39.6 Å². The van der Waals surface area contributed by atoms with Gasteiger partial charge in [0.25, 0.3) is 0 Å². The minimum absolute atomic E-state index is 0.279. The molecule has 166 valence electrons. The SMILES string of the molecule is CC(=O)O[C@H](C)/C=C/c1cc(-c2ccc3ccccc3c2)cc(-c2ccc3ccccc3c2)c1. The average Bonchev–Trinajstić information content (AvgIpc) is 2.86. The van der Waals surface area contributed by atoms with Crippen LogP contribution in [0, 0.1) is 0 Å². The summed E-state index contributed by atoms with van der Waals surface area (Å²) in [4.78, 5) is 11.3. The van der Waals surface area contributed by atoms with Crippen LogP contribution in [0.25, 0.3) is 49.9 Å². The second kappa shape index (κ2) is 9.36. The van der Waals surface area contributed by atoms with Crippen molar-refractivity contribution in [3.8, 4) is 22.3 Å². The predicted octanol–water partition coefficient (Wildman–Crippen LogP) is 8.29. The maximum atomic E-state index is 11.3. The molecule has 0 unspecified atom stereocenters. The summed E-state index contributed by atoms with van der Waals surface area (Å²) < 4.78 is 5.27. The molecule has 1 atom stereocenters. The first-order valence-electron chi connectivity index (χ1n) is 11.5. The zero-order valence-electron chi connectivity index (χ0n) is 19.4. The molecule has 0 aliphatic heterocycles. The lowest BCUT2D eigenvalue weighted by atomic mass is 9.93. The van der Waals surface area contributed by atoms with Gasteiger partial charge in [0.15, 0.2) is 0 Å². The number of hydrogen-bond acceptors (Lipinski definition) is 2. The van der Waals surface area contributed by atoms with Crippen molar-refractivity contribution in [3.63, 3.8) is 0 Å². The summed E-state index contributed by atoms with van der Waals surface area (Å²) in [6.45, 7) is 3.30. The van der Waals surface area contributed by atoms with Gasteiger partial charge in [-0.3, -0.25) is 4.79 Å². The van der Waals surface area contributed by atoms with Crippen molar-refractivity contribution < 1.29 is 9.53 Å². The maximum absolute atomic E-state index is 11.3. The van der Waals surface area contributed by atoms with Gasteiger partial charge < -0.3 is 4.74 Å². The van der Waals surface area contributed by atoms with E-state index in [4.69, 9.17) is 4.74 Å². The Labute approximate surface area is 200 Å². The standard InChI is InChI=1S/C32H26O2/c1-22(34-23(2)33)11-12-24-17-31(29-15-13-25-7-3-5-9-27(25)19-29)21-32(18-24)30-16-14-26-8-4-6-10-28(26)20-30/h3-22H,1-2H3/b12-11+/t22-/m1/s1. The lowest BCUT2D eigenvalue weighted by Crippen LogP contribution is -2.08. The molecule has 2 heteroatoms. The van der Waals surface area contributed by atoms with Crippen LogP contribution in [0.2, 0.25) is 0 Å². The van der Waals surface area contributed by atoms with Gasteiger partial charge in [0.2, 0.25) is 0 Å². The van der Waals surface area contributed by atoms with Gasteiger partial charge in [0.1, 0.15) is 6.10 Å². The summed E-state index contributed by atoms with van der Waals surface area (Å²) in [7, 11) is 0. The van der Waals surface area contributed by atoms with Gasteiger partial charge in [-0.15, -0.1) is 0 Å². The fourth-order valence-electron chi connectivity index (χ4n) is 4.37. The Balaban J connectivity index is 1.62. The van der Waals surface area contributed by atoms with Gasteiger partial charge in [-0.05, 0) is 92.7 Å². The van der Waals surface area contributed by atoms with Crippen molar-refractivity contribution in [1.82, 2.24) is 0 Å². The lowest BCUT2D eigenvalue weighted by molar-refractivity contribution is -0.143. The molecule has 0 heterocycles. The Morgan fingerprint density at radius 1 is 0.647 bits per heavy atom. The van der Waals surface area contributed by atoms with Crippen LogP contribution in [-0.4, -0.2) is 12.1 Å². The van der Waals surface area contributed by atoms with E-state index in [-0.39, 0.29) is 12.1 Å². The highest BCUT2D eigenvalue weighted by Gasteiger charge is 2.08. The number of hydrogen-bond donors (Lipinski definition) is 0. The van der Waals surface area contributed by atoms with E-state index in [0.29, 0.717) is 0 Å². The van der Waals surface area contributed by atoms with E-state index in [1.807, 2.05) is 19.1 Å². The molecule has 0 amide bonds. The first-order chi connectivity index (χ1) is 16.5. The van der Waals surface area contributed by atoms with Gasteiger partial charge in [0, 0.05) is 6.92 Å². The zero-order valence-corrected chi connectivity index (χ0v) is 19.4. The summed E-state index contributed by atoms with van der Waals surface area (Å²) in [6, 6.07) is 36.6. The summed E-state index contributed by atoms with van der Waals surface area (Å²) in [6.07, 6.45) is 3.67. The van der Waals surface area contributed by atoms with Crippen LogP contribution in [0.1, 0.15) is 19.4 Å². The first kappa shape index (κ1) is 21.7. The Bertz CT molecular complexity index is 1430. The van der Waals surface area contributed by atoms with Crippen molar-refractivity contribution in [2.75, 3.05) is 0 Å². The van der Waals surface area contributed by atoms with Gasteiger partial charge in [-0.1, -0.05) is 78.9 Å². The molecule has 0 radical (unpaired) electrons. The second-order valence-electron chi connectivity index (χ2n) is 8.64. The number of rotatable bonds is 5. The Kier molecular flexibility index (Phi) is 5.97. The number of carbonyl (C=O) groups excluding carboxylic acids is 1. The number of carbonyl (C=O) groups is 1. The third-order valence-corrected chi connectivity index (χ3v) is 6.03. The molecule has 0 spiro atoms. The lowest BCUT2D eigenvalue weighted by Gasteiger charge is -2.11. The second-order valence-corrected chi connectivity index (χ2v) is 8.64. The molecule has 0 bridgehead atoms. The van der Waals surface area contributed by atoms with Gasteiger partial charge in [-0.2, -0.15) is 0 Å². The Morgan fingerprint density at radius 2 is 1.15 bits per heavy atom. The van der Waals surface area contributed by atoms with Crippen molar-refractivity contribution in [1.29, 1.82) is 0 Å². The Hall–Kier alpha value is -4.17. The highest BCUT2D eigenvalue weighted by molar-refractivity contribution is 5.90. The molecule has 0 aliphatic rings. The van der Waals surface area contributed by atoms with Crippen LogP contribution in [0.4, 0.5) is 0 Å². The van der Waals surface area contributed by atoms with E-state index >= 15 is 0 Å². The van der Waals surface area contributed by atoms with Gasteiger partial charge >= 0.3 is 5.97 Å². The zero-order chi connectivity index (χ0) is 23.5. The predicted molar refractivity (Wildman–Crippen MR) is 143 cm³/mol. The fraction of sp³-hybridized carbons (Fsp3) is 0.0938. The van der Waals surface area contributed by atoms with E-state index in [1.54, 1.807) is 0 Å². The molecule has 0 fully saturated rings. The van der Waals surface area contributed by atoms with Crippen LogP contribution in [0.3, 0.4) is 0 Å². The van der Waals surface area contributed by atoms with Crippen LogP contribution < -0.4 is 0 Å². The van der Waals surface area contributed by atoms with E-state index < -0.39 is 0 Å². The van der Waals surface area contributed by atoms with Crippen molar-refractivity contribution in [2.45, 2.75) is 20.0 Å². The van der Waals surface area contributed by atoms with Crippen molar-refractivity contribution in [3.05, 3.63) is 115 Å². The molecular formula is C32H26O2. The molecule has 0 saturated carbocycles. The van der Waals surface area contributed by atoms with E-state index in [0.717, 1.165) is 16.7 Å². The minimum Gasteiger partial charge on any atom is -0.459 e. The topological polar surface area (TPSA) is 26.3 Å². The molecule has 0 aliphatic carbocycles. The molecule has 5 aromatic rings. The summed E-state index contributed by atoms with van der Waals surface area (Å²) in [5, 5.41) is 4.90. The highest BCUT2D eigenvalue weighted by atomic mass is 16.5. The normalized spacial score (nSPS) is 12.3. The first-order valence-corrected chi connectivity index (χ1v) is 11.5. The molecule has 5 rings (SSSR count). The summed E-state index contributed by atoms with van der Waals surface area (Å²) in [5.74, 6) is -0.279. The fourth-order valence-corrected chi connectivity index (χ4v) is 4.37. The summed E-state index contributed by atoms with van der Waals surface area (Å²) >= 11 is 0. The molecule has 2 nitrogen and oxygen atoms in total. The third-order valence-electron chi connectivity index (χ3n) is 6.03. The average molecular weight is 443 g/mol. The molecule has 0 aromatic heterocycles. The van der Waals surface area contributed by atoms with Crippen LogP contribution in [-0.2, 0) is 9.53 Å². The van der Waals surface area contributed by atoms with Gasteiger partial charge in [0.05, 0.1) is 0 Å². The largest absolute Gasteiger partial charge is 0.459 e. The maximum Gasteiger partial charge on any atom is 0.303 e. The number of ether oxygens (including phenoxy) is 1. The number of fused-ring (bicyclic) bond motifs is 2. The van der Waals surface area contributed by atoms with Crippen molar-refractivity contribution >= 4 is 33.6 Å². The molecule has 5 aromatic carbocycles. The minimum atomic E-state index is -0.286. The molecule has 0 saturated heterocycles. The highest BCUT2D eigenvalue weighted by Crippen LogP contribution is 2.32. The van der Waals surface area contributed by atoms with Crippen LogP contribution in [0.15, 0.2) is 109 Å². The Morgan fingerprint density at radius 3 is 1.65 bits per heavy atom. The molecule has 0 N–H and O–H groups in total. The molecule has 34 heavy (non-hydrogen) atoms. The van der Waals surface area contributed by atoms with E-state index in [2.05, 4.69) is 103 Å². The monoisotopic (exact) mass is 442 g/mol. The van der Waals surface area contributed by atoms with Crippen LogP contribution in [0.5, 0.6) is 0 Å². The van der Waals surface area contributed by atoms with Gasteiger partial charge in [-0.25, -0.2) is 0 Å².